The van der Waals surface area contributed by atoms with Crippen LogP contribution in [-0.4, -0.2) is 42.1 Å². The predicted molar refractivity (Wildman–Crippen MR) is 81.2 cm³/mol. The number of aliphatic imine (C=N–C) groups is 1. The molecule has 0 unspecified atom stereocenters. The molecular formula is C15H21F3N4O. The number of hydrogen-bond donors (Lipinski definition) is 1. The summed E-state index contributed by atoms with van der Waals surface area (Å²) in [5.41, 5.74) is 5.01. The Hall–Kier alpha value is -1.99. The van der Waals surface area contributed by atoms with Crippen LogP contribution >= 0.6 is 0 Å². The maximum absolute atomic E-state index is 12.8. The fourth-order valence-electron chi connectivity index (χ4n) is 2.36. The highest BCUT2D eigenvalue weighted by Gasteiger charge is 2.34. The Morgan fingerprint density at radius 1 is 1.43 bits per heavy atom. The molecule has 1 aliphatic heterocycles. The summed E-state index contributed by atoms with van der Waals surface area (Å²) in [5, 5.41) is 0. The molecule has 1 aromatic rings. The zero-order valence-electron chi connectivity index (χ0n) is 13.0. The van der Waals surface area contributed by atoms with Crippen LogP contribution in [0.1, 0.15) is 25.3 Å². The lowest BCUT2D eigenvalue weighted by Crippen LogP contribution is -2.42. The van der Waals surface area contributed by atoms with Crippen molar-refractivity contribution in [2.45, 2.75) is 25.9 Å². The molecule has 1 saturated heterocycles. The second-order valence-electron chi connectivity index (χ2n) is 5.61. The van der Waals surface area contributed by atoms with Crippen molar-refractivity contribution in [3.63, 3.8) is 0 Å². The van der Waals surface area contributed by atoms with E-state index in [-0.39, 0.29) is 13.2 Å². The van der Waals surface area contributed by atoms with E-state index >= 15 is 0 Å². The third-order valence-corrected chi connectivity index (χ3v) is 3.79. The first-order valence-electron chi connectivity index (χ1n) is 7.58. The number of pyridine rings is 1. The zero-order chi connectivity index (χ0) is 16.9. The van der Waals surface area contributed by atoms with Gasteiger partial charge in [-0.15, -0.1) is 0 Å². The van der Waals surface area contributed by atoms with Crippen LogP contribution in [0.2, 0.25) is 0 Å². The third-order valence-electron chi connectivity index (χ3n) is 3.79. The van der Waals surface area contributed by atoms with E-state index in [9.17, 15) is 13.2 Å². The number of piperidine rings is 1. The number of alkyl halides is 3. The van der Waals surface area contributed by atoms with Crippen molar-refractivity contribution in [2.24, 2.45) is 16.6 Å². The molecule has 0 amide bonds. The van der Waals surface area contributed by atoms with E-state index in [2.05, 4.69) is 16.9 Å². The van der Waals surface area contributed by atoms with Crippen molar-refractivity contribution in [1.29, 1.82) is 0 Å². The number of likely N-dealkylation sites (tertiary alicyclic amines) is 1. The molecule has 128 valence electrons. The van der Waals surface area contributed by atoms with Gasteiger partial charge in [-0.25, -0.2) is 9.98 Å². The summed E-state index contributed by atoms with van der Waals surface area (Å²) in [6.07, 6.45) is -1.10. The van der Waals surface area contributed by atoms with E-state index in [0.29, 0.717) is 11.9 Å². The zero-order valence-corrected chi connectivity index (χ0v) is 13.0. The Labute approximate surface area is 133 Å². The van der Waals surface area contributed by atoms with Crippen molar-refractivity contribution < 1.29 is 17.9 Å². The van der Waals surface area contributed by atoms with E-state index < -0.39 is 17.6 Å². The minimum absolute atomic E-state index is 0.00889. The minimum Gasteiger partial charge on any atom is -0.475 e. The van der Waals surface area contributed by atoms with Crippen molar-refractivity contribution in [1.82, 2.24) is 9.88 Å². The fraction of sp³-hybridized carbons (Fsp3) is 0.600. The average molecular weight is 330 g/mol. The standard InChI is InChI=1S/C15H21F3N4O/c1-11-4-8-22(9-5-11)14(19)21-7-10-23-13-12(15(16,17)18)3-2-6-20-13/h2-3,6,11H,4-5,7-10H2,1H3,(H2,19,21). The minimum atomic E-state index is -4.49. The SMILES string of the molecule is CC1CCN(C(N)=NCCOc2ncccc2C(F)(F)F)CC1. The topological polar surface area (TPSA) is 63.7 Å². The Kier molecular flexibility index (Phi) is 5.68. The quantitative estimate of drug-likeness (QED) is 0.523. The van der Waals surface area contributed by atoms with Crippen LogP contribution < -0.4 is 10.5 Å². The molecule has 1 fully saturated rings. The van der Waals surface area contributed by atoms with Crippen LogP contribution in [0, 0.1) is 5.92 Å². The van der Waals surface area contributed by atoms with Gasteiger partial charge in [-0.1, -0.05) is 6.92 Å². The Morgan fingerprint density at radius 3 is 2.78 bits per heavy atom. The molecule has 1 aliphatic rings. The second kappa shape index (κ2) is 7.52. The number of halogens is 3. The molecule has 0 aliphatic carbocycles. The molecule has 0 spiro atoms. The van der Waals surface area contributed by atoms with Gasteiger partial charge in [0.25, 0.3) is 0 Å². The van der Waals surface area contributed by atoms with E-state index in [0.717, 1.165) is 32.0 Å². The summed E-state index contributed by atoms with van der Waals surface area (Å²) in [6, 6.07) is 2.16. The average Bonchev–Trinajstić information content (AvgIpc) is 2.51. The second-order valence-corrected chi connectivity index (χ2v) is 5.61. The highest BCUT2D eigenvalue weighted by Crippen LogP contribution is 2.34. The van der Waals surface area contributed by atoms with Gasteiger partial charge in [0.05, 0.1) is 6.54 Å². The monoisotopic (exact) mass is 330 g/mol. The Bertz CT molecular complexity index is 540. The summed E-state index contributed by atoms with van der Waals surface area (Å²) in [4.78, 5) is 9.78. The highest BCUT2D eigenvalue weighted by molar-refractivity contribution is 5.78. The van der Waals surface area contributed by atoms with Crippen LogP contribution in [0.15, 0.2) is 23.3 Å². The normalized spacial score (nSPS) is 17.4. The van der Waals surface area contributed by atoms with Crippen molar-refractivity contribution >= 4 is 5.96 Å². The van der Waals surface area contributed by atoms with Crippen LogP contribution in [0.25, 0.3) is 0 Å². The number of nitrogens with two attached hydrogens (primary N) is 1. The van der Waals surface area contributed by atoms with E-state index in [1.54, 1.807) is 0 Å². The molecule has 0 bridgehead atoms. The van der Waals surface area contributed by atoms with Gasteiger partial charge in [0.1, 0.15) is 12.2 Å². The summed E-state index contributed by atoms with van der Waals surface area (Å²) in [5.74, 6) is 0.672. The van der Waals surface area contributed by atoms with E-state index in [1.807, 2.05) is 4.90 Å². The molecule has 1 aromatic heterocycles. The molecule has 2 N–H and O–H groups in total. The van der Waals surface area contributed by atoms with Gasteiger partial charge in [-0.3, -0.25) is 0 Å². The molecular weight excluding hydrogens is 309 g/mol. The van der Waals surface area contributed by atoms with Gasteiger partial charge in [-0.05, 0) is 30.9 Å². The number of guanidine groups is 1. The van der Waals surface area contributed by atoms with Crippen LogP contribution in [0.5, 0.6) is 5.88 Å². The summed E-state index contributed by atoms with van der Waals surface area (Å²) in [6.45, 7) is 4.09. The first-order chi connectivity index (χ1) is 10.9. The van der Waals surface area contributed by atoms with Gasteiger partial charge in [0.2, 0.25) is 5.88 Å². The van der Waals surface area contributed by atoms with Gasteiger partial charge >= 0.3 is 6.18 Å². The van der Waals surface area contributed by atoms with Gasteiger partial charge in [-0.2, -0.15) is 13.2 Å². The van der Waals surface area contributed by atoms with Crippen molar-refractivity contribution in [3.8, 4) is 5.88 Å². The molecule has 23 heavy (non-hydrogen) atoms. The number of hydrogen-bond acceptors (Lipinski definition) is 3. The summed E-state index contributed by atoms with van der Waals surface area (Å²) in [7, 11) is 0. The maximum Gasteiger partial charge on any atom is 0.421 e. The summed E-state index contributed by atoms with van der Waals surface area (Å²) < 4.78 is 43.5. The Balaban J connectivity index is 1.85. The molecule has 0 saturated carbocycles. The van der Waals surface area contributed by atoms with Crippen LogP contribution in [-0.2, 0) is 6.18 Å². The molecule has 8 heteroatoms. The molecule has 0 radical (unpaired) electrons. The molecule has 0 atom stereocenters. The summed E-state index contributed by atoms with van der Waals surface area (Å²) >= 11 is 0. The lowest BCUT2D eigenvalue weighted by atomic mass is 10.00. The molecule has 5 nitrogen and oxygen atoms in total. The van der Waals surface area contributed by atoms with Crippen molar-refractivity contribution in [3.05, 3.63) is 23.9 Å². The highest BCUT2D eigenvalue weighted by atomic mass is 19.4. The lowest BCUT2D eigenvalue weighted by Gasteiger charge is -2.31. The number of aromatic nitrogens is 1. The fourth-order valence-corrected chi connectivity index (χ4v) is 2.36. The lowest BCUT2D eigenvalue weighted by molar-refractivity contribution is -0.139. The van der Waals surface area contributed by atoms with E-state index in [4.69, 9.17) is 10.5 Å². The molecule has 2 heterocycles. The van der Waals surface area contributed by atoms with Crippen LogP contribution in [0.4, 0.5) is 13.2 Å². The van der Waals surface area contributed by atoms with Crippen LogP contribution in [0.3, 0.4) is 0 Å². The van der Waals surface area contributed by atoms with E-state index in [1.165, 1.54) is 12.3 Å². The molecule has 0 aromatic carbocycles. The smallest absolute Gasteiger partial charge is 0.421 e. The first kappa shape index (κ1) is 17.4. The third kappa shape index (κ3) is 5.01. The number of ether oxygens (including phenoxy) is 1. The van der Waals surface area contributed by atoms with Gasteiger partial charge in [0, 0.05) is 19.3 Å². The number of rotatable bonds is 4. The van der Waals surface area contributed by atoms with Gasteiger partial charge in [0.15, 0.2) is 5.96 Å². The largest absolute Gasteiger partial charge is 0.475 e. The Morgan fingerprint density at radius 2 is 2.13 bits per heavy atom. The van der Waals surface area contributed by atoms with Gasteiger partial charge < -0.3 is 15.4 Å². The maximum atomic E-state index is 12.8. The number of nitrogens with zero attached hydrogens (tertiary/aromatic N) is 3. The first-order valence-corrected chi connectivity index (χ1v) is 7.58. The predicted octanol–water partition coefficient (Wildman–Crippen LogP) is 2.53. The van der Waals surface area contributed by atoms with Crippen molar-refractivity contribution in [2.75, 3.05) is 26.2 Å². The molecule has 2 rings (SSSR count).